The smallest absolute Gasteiger partial charge is 0.307 e. The first-order valence-corrected chi connectivity index (χ1v) is 7.77. The van der Waals surface area contributed by atoms with Crippen LogP contribution in [0, 0.1) is 5.92 Å². The van der Waals surface area contributed by atoms with Gasteiger partial charge in [0.05, 0.1) is 13.5 Å². The van der Waals surface area contributed by atoms with E-state index in [-0.39, 0.29) is 5.97 Å². The molecule has 20 heavy (non-hydrogen) atoms. The van der Waals surface area contributed by atoms with Crippen LogP contribution in [0.25, 0.3) is 0 Å². The van der Waals surface area contributed by atoms with Gasteiger partial charge in [0, 0.05) is 20.1 Å². The predicted octanol–water partition coefficient (Wildman–Crippen LogP) is 2.07. The van der Waals surface area contributed by atoms with Crippen LogP contribution in [-0.2, 0) is 9.53 Å². The summed E-state index contributed by atoms with van der Waals surface area (Å²) in [6.07, 6.45) is 9.92. The number of hydrogen-bond acceptors (Lipinski definition) is 3. The van der Waals surface area contributed by atoms with Gasteiger partial charge in [-0.25, -0.2) is 0 Å². The van der Waals surface area contributed by atoms with Crippen molar-refractivity contribution in [1.29, 1.82) is 0 Å². The number of carbonyl (C=O) groups excluding carboxylic acids is 1. The number of methoxy groups -OCH3 is 1. The van der Waals surface area contributed by atoms with Crippen LogP contribution in [0.5, 0.6) is 0 Å². The fraction of sp³-hybridized carbons (Fsp3) is 0.867. The molecule has 0 aromatic heterocycles. The minimum absolute atomic E-state index is 0.204. The van der Waals surface area contributed by atoms with Crippen LogP contribution in [0.15, 0.2) is 4.99 Å². The first kappa shape index (κ1) is 16.8. The molecule has 0 bridgehead atoms. The van der Waals surface area contributed by atoms with Gasteiger partial charge < -0.3 is 15.4 Å². The number of unbranched alkanes of at least 4 members (excludes halogenated alkanes) is 1. The van der Waals surface area contributed by atoms with E-state index in [2.05, 4.69) is 20.4 Å². The van der Waals surface area contributed by atoms with Crippen LogP contribution in [0.4, 0.5) is 0 Å². The first-order valence-electron chi connectivity index (χ1n) is 7.77. The molecule has 0 atom stereocenters. The summed E-state index contributed by atoms with van der Waals surface area (Å²) in [5.74, 6) is 1.53. The number of nitrogens with zero attached hydrogens (tertiary/aromatic N) is 1. The highest BCUT2D eigenvalue weighted by molar-refractivity contribution is 5.80. The summed E-state index contributed by atoms with van der Waals surface area (Å²) < 4.78 is 4.59. The van der Waals surface area contributed by atoms with Crippen molar-refractivity contribution < 1.29 is 9.53 Å². The normalized spacial score (nSPS) is 16.2. The summed E-state index contributed by atoms with van der Waals surface area (Å²) in [5, 5.41) is 6.38. The number of esters is 1. The van der Waals surface area contributed by atoms with Crippen molar-refractivity contribution in [3.05, 3.63) is 0 Å². The molecule has 0 aromatic rings. The molecule has 1 saturated carbocycles. The molecule has 0 aromatic carbocycles. The summed E-state index contributed by atoms with van der Waals surface area (Å²) >= 11 is 0. The van der Waals surface area contributed by atoms with E-state index in [0.29, 0.717) is 13.0 Å². The van der Waals surface area contributed by atoms with Gasteiger partial charge >= 0.3 is 5.97 Å². The van der Waals surface area contributed by atoms with Crippen molar-refractivity contribution in [2.75, 3.05) is 27.2 Å². The van der Waals surface area contributed by atoms with E-state index in [1.807, 2.05) is 0 Å². The Morgan fingerprint density at radius 2 is 1.90 bits per heavy atom. The number of nitrogens with one attached hydrogen (secondary N) is 2. The van der Waals surface area contributed by atoms with Gasteiger partial charge in [-0.15, -0.1) is 0 Å². The Balaban J connectivity index is 1.98. The molecule has 5 nitrogen and oxygen atoms in total. The zero-order chi connectivity index (χ0) is 14.6. The largest absolute Gasteiger partial charge is 0.469 e. The van der Waals surface area contributed by atoms with Gasteiger partial charge in [-0.3, -0.25) is 9.79 Å². The van der Waals surface area contributed by atoms with Gasteiger partial charge in [-0.1, -0.05) is 38.5 Å². The maximum atomic E-state index is 11.0. The zero-order valence-electron chi connectivity index (χ0n) is 12.9. The predicted molar refractivity (Wildman–Crippen MR) is 81.8 cm³/mol. The fourth-order valence-electron chi connectivity index (χ4n) is 2.67. The van der Waals surface area contributed by atoms with E-state index < -0.39 is 0 Å². The van der Waals surface area contributed by atoms with E-state index in [9.17, 15) is 4.79 Å². The number of guanidine groups is 1. The van der Waals surface area contributed by atoms with Gasteiger partial charge in [-0.05, 0) is 12.3 Å². The number of aliphatic imine (C=N–C) groups is 1. The lowest BCUT2D eigenvalue weighted by Crippen LogP contribution is -2.38. The Labute approximate surface area is 122 Å². The lowest BCUT2D eigenvalue weighted by atomic mass is 10.0. The SMILES string of the molecule is CN=C(NCCCCC1CCCC1)NCCC(=O)OC. The maximum absolute atomic E-state index is 11.0. The van der Waals surface area contributed by atoms with E-state index in [1.54, 1.807) is 7.05 Å². The summed E-state index contributed by atoms with van der Waals surface area (Å²) in [7, 11) is 3.14. The second kappa shape index (κ2) is 10.5. The van der Waals surface area contributed by atoms with Crippen LogP contribution in [0.2, 0.25) is 0 Å². The van der Waals surface area contributed by atoms with Crippen LogP contribution < -0.4 is 10.6 Å². The topological polar surface area (TPSA) is 62.7 Å². The highest BCUT2D eigenvalue weighted by Gasteiger charge is 2.13. The minimum Gasteiger partial charge on any atom is -0.469 e. The molecule has 0 aliphatic heterocycles. The second-order valence-electron chi connectivity index (χ2n) is 5.40. The molecule has 2 N–H and O–H groups in total. The maximum Gasteiger partial charge on any atom is 0.307 e. The molecule has 0 amide bonds. The van der Waals surface area contributed by atoms with Gasteiger partial charge in [0.2, 0.25) is 0 Å². The minimum atomic E-state index is -0.204. The number of hydrogen-bond donors (Lipinski definition) is 2. The molecule has 116 valence electrons. The lowest BCUT2D eigenvalue weighted by Gasteiger charge is -2.12. The molecule has 1 aliphatic carbocycles. The van der Waals surface area contributed by atoms with E-state index in [4.69, 9.17) is 0 Å². The second-order valence-corrected chi connectivity index (χ2v) is 5.40. The number of carbonyl (C=O) groups is 1. The molecule has 0 saturated heterocycles. The molecular weight excluding hydrogens is 254 g/mol. The Kier molecular flexibility index (Phi) is 8.83. The first-order chi connectivity index (χ1) is 9.76. The van der Waals surface area contributed by atoms with E-state index in [1.165, 1.54) is 52.1 Å². The fourth-order valence-corrected chi connectivity index (χ4v) is 2.67. The van der Waals surface area contributed by atoms with Crippen molar-refractivity contribution in [3.8, 4) is 0 Å². The third-order valence-electron chi connectivity index (χ3n) is 3.88. The average Bonchev–Trinajstić information content (AvgIpc) is 2.98. The third-order valence-corrected chi connectivity index (χ3v) is 3.88. The number of ether oxygens (including phenoxy) is 1. The van der Waals surface area contributed by atoms with Gasteiger partial charge in [0.15, 0.2) is 5.96 Å². The molecule has 0 unspecified atom stereocenters. The van der Waals surface area contributed by atoms with Gasteiger partial charge in [-0.2, -0.15) is 0 Å². The van der Waals surface area contributed by atoms with Crippen LogP contribution in [0.1, 0.15) is 51.4 Å². The molecule has 0 spiro atoms. The average molecular weight is 283 g/mol. The van der Waals surface area contributed by atoms with E-state index in [0.717, 1.165) is 18.4 Å². The van der Waals surface area contributed by atoms with Gasteiger partial charge in [0.25, 0.3) is 0 Å². The third kappa shape index (κ3) is 7.36. The molecule has 0 radical (unpaired) electrons. The van der Waals surface area contributed by atoms with Gasteiger partial charge in [0.1, 0.15) is 0 Å². The van der Waals surface area contributed by atoms with Crippen molar-refractivity contribution >= 4 is 11.9 Å². The summed E-state index contributed by atoms with van der Waals surface area (Å²) in [6.45, 7) is 1.49. The van der Waals surface area contributed by atoms with Crippen molar-refractivity contribution in [2.45, 2.75) is 51.4 Å². The van der Waals surface area contributed by atoms with E-state index >= 15 is 0 Å². The summed E-state index contributed by atoms with van der Waals surface area (Å²) in [4.78, 5) is 15.1. The Hall–Kier alpha value is -1.26. The van der Waals surface area contributed by atoms with Crippen molar-refractivity contribution in [1.82, 2.24) is 10.6 Å². The molecule has 5 heteroatoms. The molecular formula is C15H29N3O2. The standard InChI is InChI=1S/C15H29N3O2/c1-16-15(18-12-10-14(19)20-2)17-11-6-5-9-13-7-3-4-8-13/h13H,3-12H2,1-2H3,(H2,16,17,18). The van der Waals surface area contributed by atoms with Crippen molar-refractivity contribution in [3.63, 3.8) is 0 Å². The Morgan fingerprint density at radius 3 is 2.55 bits per heavy atom. The Morgan fingerprint density at radius 1 is 1.20 bits per heavy atom. The van der Waals surface area contributed by atoms with Crippen LogP contribution >= 0.6 is 0 Å². The summed E-state index contributed by atoms with van der Waals surface area (Å²) in [6, 6.07) is 0. The molecule has 1 aliphatic rings. The van der Waals surface area contributed by atoms with Crippen molar-refractivity contribution in [2.24, 2.45) is 10.9 Å². The van der Waals surface area contributed by atoms with Crippen LogP contribution in [0.3, 0.4) is 0 Å². The van der Waals surface area contributed by atoms with Crippen LogP contribution in [-0.4, -0.2) is 39.2 Å². The molecule has 1 fully saturated rings. The highest BCUT2D eigenvalue weighted by atomic mass is 16.5. The Bertz CT molecular complexity index is 299. The number of rotatable bonds is 8. The highest BCUT2D eigenvalue weighted by Crippen LogP contribution is 2.28. The lowest BCUT2D eigenvalue weighted by molar-refractivity contribution is -0.140. The quantitative estimate of drug-likeness (QED) is 0.310. The zero-order valence-corrected chi connectivity index (χ0v) is 12.9. The monoisotopic (exact) mass is 283 g/mol. The summed E-state index contributed by atoms with van der Waals surface area (Å²) in [5.41, 5.74) is 0. The molecule has 0 heterocycles. The molecule has 1 rings (SSSR count).